The van der Waals surface area contributed by atoms with E-state index in [1.165, 1.54) is 18.3 Å². The van der Waals surface area contributed by atoms with Gasteiger partial charge >= 0.3 is 5.97 Å². The molecule has 1 amide bonds. The minimum atomic E-state index is -0.920. The van der Waals surface area contributed by atoms with E-state index in [-0.39, 0.29) is 5.91 Å². The molecule has 1 aromatic carbocycles. The maximum Gasteiger partial charge on any atom is 0.326 e. The number of carboxylic acids is 1. The topological polar surface area (TPSA) is 71.7 Å². The van der Waals surface area contributed by atoms with Gasteiger partial charge in [0.15, 0.2) is 4.80 Å². The Balaban J connectivity index is 2.81. The number of carbonyl (C=O) groups is 2. The molecule has 0 spiro atoms. The van der Waals surface area contributed by atoms with Gasteiger partial charge in [0.05, 0.1) is 10.2 Å². The standard InChI is InChI=1S/C13H14N2O3S/c1-3-9(12(17)18)15-10-6-4-5-7-11(10)19-13(15)14-8(2)16/h4-7,9H,3H2,1-2H3,(H,17,18)/b14-13+. The van der Waals surface area contributed by atoms with E-state index in [0.717, 1.165) is 10.2 Å². The Morgan fingerprint density at radius 1 is 1.42 bits per heavy atom. The Hall–Kier alpha value is -1.95. The highest BCUT2D eigenvalue weighted by atomic mass is 32.1. The van der Waals surface area contributed by atoms with Crippen LogP contribution in [0.3, 0.4) is 0 Å². The van der Waals surface area contributed by atoms with E-state index in [4.69, 9.17) is 0 Å². The van der Waals surface area contributed by atoms with E-state index in [9.17, 15) is 14.7 Å². The zero-order chi connectivity index (χ0) is 14.0. The summed E-state index contributed by atoms with van der Waals surface area (Å²) < 4.78 is 2.55. The average molecular weight is 278 g/mol. The molecule has 1 N–H and O–H groups in total. The SMILES string of the molecule is CCC(C(=O)O)n1/c(=N\C(C)=O)sc2ccccc21. The Morgan fingerprint density at radius 2 is 2.11 bits per heavy atom. The third-order valence-corrected chi connectivity index (χ3v) is 3.80. The second-order valence-corrected chi connectivity index (χ2v) is 5.12. The van der Waals surface area contributed by atoms with Crippen molar-refractivity contribution in [2.75, 3.05) is 0 Å². The van der Waals surface area contributed by atoms with Crippen molar-refractivity contribution in [3.8, 4) is 0 Å². The molecule has 1 heterocycles. The molecule has 0 bridgehead atoms. The third-order valence-electron chi connectivity index (χ3n) is 2.77. The zero-order valence-electron chi connectivity index (χ0n) is 10.7. The molecule has 1 unspecified atom stereocenters. The van der Waals surface area contributed by atoms with E-state index in [0.29, 0.717) is 11.2 Å². The quantitative estimate of drug-likeness (QED) is 0.935. The van der Waals surface area contributed by atoms with Crippen LogP contribution in [0.5, 0.6) is 0 Å². The van der Waals surface area contributed by atoms with Crippen molar-refractivity contribution in [2.45, 2.75) is 26.3 Å². The first-order valence-electron chi connectivity index (χ1n) is 5.92. The third kappa shape index (κ3) is 2.58. The van der Waals surface area contributed by atoms with Gasteiger partial charge in [-0.3, -0.25) is 4.79 Å². The molecular weight excluding hydrogens is 264 g/mol. The molecule has 5 nitrogen and oxygen atoms in total. The maximum absolute atomic E-state index is 11.4. The number of fused-ring (bicyclic) bond motifs is 1. The van der Waals surface area contributed by atoms with Crippen LogP contribution in [0, 0.1) is 0 Å². The number of carbonyl (C=O) groups excluding carboxylic acids is 1. The molecule has 2 rings (SSSR count). The molecule has 0 aliphatic heterocycles. The fourth-order valence-corrected chi connectivity index (χ4v) is 3.09. The molecule has 19 heavy (non-hydrogen) atoms. The van der Waals surface area contributed by atoms with Gasteiger partial charge in [-0.2, -0.15) is 4.99 Å². The predicted molar refractivity (Wildman–Crippen MR) is 73.0 cm³/mol. The van der Waals surface area contributed by atoms with Crippen LogP contribution in [-0.4, -0.2) is 21.6 Å². The van der Waals surface area contributed by atoms with E-state index in [2.05, 4.69) is 4.99 Å². The molecule has 0 aliphatic rings. The maximum atomic E-state index is 11.4. The van der Waals surface area contributed by atoms with Gasteiger partial charge in [-0.25, -0.2) is 4.79 Å². The van der Waals surface area contributed by atoms with Crippen LogP contribution in [-0.2, 0) is 9.59 Å². The molecule has 1 atom stereocenters. The number of para-hydroxylation sites is 1. The predicted octanol–water partition coefficient (Wildman–Crippen LogP) is 2.19. The van der Waals surface area contributed by atoms with Crippen molar-refractivity contribution in [3.05, 3.63) is 29.1 Å². The summed E-state index contributed by atoms with van der Waals surface area (Å²) in [6.45, 7) is 3.16. The monoisotopic (exact) mass is 278 g/mol. The largest absolute Gasteiger partial charge is 0.480 e. The molecule has 0 saturated heterocycles. The fraction of sp³-hybridized carbons (Fsp3) is 0.308. The number of hydrogen-bond donors (Lipinski definition) is 1. The van der Waals surface area contributed by atoms with E-state index >= 15 is 0 Å². The normalized spacial score (nSPS) is 13.7. The fourth-order valence-electron chi connectivity index (χ4n) is 1.97. The lowest BCUT2D eigenvalue weighted by atomic mass is 10.2. The first-order valence-corrected chi connectivity index (χ1v) is 6.74. The number of rotatable bonds is 3. The smallest absolute Gasteiger partial charge is 0.326 e. The lowest BCUT2D eigenvalue weighted by Crippen LogP contribution is -2.27. The molecule has 100 valence electrons. The summed E-state index contributed by atoms with van der Waals surface area (Å²) >= 11 is 1.33. The van der Waals surface area contributed by atoms with Gasteiger partial charge in [0.2, 0.25) is 5.91 Å². The molecule has 1 aromatic heterocycles. The summed E-state index contributed by atoms with van der Waals surface area (Å²) in [6.07, 6.45) is 0.432. The van der Waals surface area contributed by atoms with E-state index < -0.39 is 12.0 Å². The zero-order valence-corrected chi connectivity index (χ0v) is 11.5. The van der Waals surface area contributed by atoms with Crippen LogP contribution in [0.15, 0.2) is 29.3 Å². The van der Waals surface area contributed by atoms with Gasteiger partial charge in [0.1, 0.15) is 6.04 Å². The number of thiazole rings is 1. The molecule has 0 saturated carbocycles. The summed E-state index contributed by atoms with van der Waals surface area (Å²) in [4.78, 5) is 26.9. The van der Waals surface area contributed by atoms with Crippen molar-refractivity contribution in [1.82, 2.24) is 4.57 Å². The highest BCUT2D eigenvalue weighted by molar-refractivity contribution is 7.16. The molecule has 0 radical (unpaired) electrons. The minimum Gasteiger partial charge on any atom is -0.480 e. The number of carboxylic acid groups (broad SMARTS) is 1. The summed E-state index contributed by atoms with van der Waals surface area (Å²) in [6, 6.07) is 6.75. The highest BCUT2D eigenvalue weighted by Crippen LogP contribution is 2.22. The van der Waals surface area contributed by atoms with Crippen LogP contribution in [0.1, 0.15) is 26.3 Å². The Kier molecular flexibility index (Phi) is 3.80. The minimum absolute atomic E-state index is 0.333. The van der Waals surface area contributed by atoms with Crippen LogP contribution in [0.2, 0.25) is 0 Å². The number of amides is 1. The number of aliphatic carboxylic acids is 1. The summed E-state index contributed by atoms with van der Waals surface area (Å²) in [5, 5.41) is 9.32. The first kappa shape index (κ1) is 13.5. The second kappa shape index (κ2) is 5.36. The average Bonchev–Trinajstić information content (AvgIpc) is 2.68. The van der Waals surface area contributed by atoms with Gasteiger partial charge in [-0.1, -0.05) is 30.4 Å². The van der Waals surface area contributed by atoms with Crippen molar-refractivity contribution >= 4 is 33.4 Å². The van der Waals surface area contributed by atoms with E-state index in [1.807, 2.05) is 24.3 Å². The van der Waals surface area contributed by atoms with E-state index in [1.54, 1.807) is 11.5 Å². The van der Waals surface area contributed by atoms with Gasteiger partial charge in [-0.05, 0) is 18.6 Å². The van der Waals surface area contributed by atoms with Crippen molar-refractivity contribution in [3.63, 3.8) is 0 Å². The summed E-state index contributed by atoms with van der Waals surface area (Å²) in [7, 11) is 0. The van der Waals surface area contributed by atoms with Gasteiger partial charge in [0.25, 0.3) is 0 Å². The summed E-state index contributed by atoms with van der Waals surface area (Å²) in [5.74, 6) is -1.25. The Labute approximate surface area is 113 Å². The van der Waals surface area contributed by atoms with Crippen LogP contribution in [0.4, 0.5) is 0 Å². The number of aromatic nitrogens is 1. The van der Waals surface area contributed by atoms with Crippen molar-refractivity contribution < 1.29 is 14.7 Å². The number of nitrogens with zero attached hydrogens (tertiary/aromatic N) is 2. The van der Waals surface area contributed by atoms with Gasteiger partial charge in [0, 0.05) is 6.92 Å². The summed E-state index contributed by atoms with van der Waals surface area (Å²) in [5.41, 5.74) is 0.793. The number of hydrogen-bond acceptors (Lipinski definition) is 3. The van der Waals surface area contributed by atoms with Crippen LogP contribution in [0.25, 0.3) is 10.2 Å². The van der Waals surface area contributed by atoms with Crippen molar-refractivity contribution in [1.29, 1.82) is 0 Å². The molecule has 2 aromatic rings. The molecule has 0 fully saturated rings. The Morgan fingerprint density at radius 3 is 2.68 bits per heavy atom. The lowest BCUT2D eigenvalue weighted by molar-refractivity contribution is -0.141. The van der Waals surface area contributed by atoms with Crippen LogP contribution < -0.4 is 4.80 Å². The van der Waals surface area contributed by atoms with Gasteiger partial charge < -0.3 is 9.67 Å². The van der Waals surface area contributed by atoms with Crippen molar-refractivity contribution in [2.24, 2.45) is 4.99 Å². The first-order chi connectivity index (χ1) is 9.04. The van der Waals surface area contributed by atoms with Crippen LogP contribution >= 0.6 is 11.3 Å². The molecule has 6 heteroatoms. The lowest BCUT2D eigenvalue weighted by Gasteiger charge is -2.13. The molecular formula is C13H14N2O3S. The second-order valence-electron chi connectivity index (χ2n) is 4.12. The highest BCUT2D eigenvalue weighted by Gasteiger charge is 2.21. The molecule has 0 aliphatic carbocycles. The van der Waals surface area contributed by atoms with Gasteiger partial charge in [-0.15, -0.1) is 0 Å². The Bertz CT molecular complexity index is 699. The number of benzene rings is 1.